The molecule has 2 unspecified atom stereocenters. The van der Waals surface area contributed by atoms with Gasteiger partial charge in [0, 0.05) is 38.8 Å². The minimum atomic E-state index is 0.0893. The summed E-state index contributed by atoms with van der Waals surface area (Å²) in [5, 5.41) is 2.73. The summed E-state index contributed by atoms with van der Waals surface area (Å²) in [5.74, 6) is 0. The summed E-state index contributed by atoms with van der Waals surface area (Å²) in [6.07, 6.45) is 5.16. The summed E-state index contributed by atoms with van der Waals surface area (Å²) in [4.78, 5) is 2.84. The van der Waals surface area contributed by atoms with Gasteiger partial charge in [0.05, 0.1) is 11.1 Å². The van der Waals surface area contributed by atoms with Crippen molar-refractivity contribution in [2.45, 2.75) is 64.3 Å². The van der Waals surface area contributed by atoms with E-state index in [-0.39, 0.29) is 17.7 Å². The van der Waals surface area contributed by atoms with Crippen LogP contribution in [0.15, 0.2) is 66.7 Å². The summed E-state index contributed by atoms with van der Waals surface area (Å²) < 4.78 is 2.57. The molecule has 0 amide bonds. The van der Waals surface area contributed by atoms with Crippen LogP contribution in [-0.4, -0.2) is 16.8 Å². The van der Waals surface area contributed by atoms with E-state index in [1.165, 1.54) is 80.9 Å². The van der Waals surface area contributed by atoms with Gasteiger partial charge in [-0.15, -0.1) is 0 Å². The molecule has 180 valence electrons. The molecule has 37 heavy (non-hydrogen) atoms. The van der Waals surface area contributed by atoms with Gasteiger partial charge in [-0.3, -0.25) is 0 Å². The first-order valence-electron chi connectivity index (χ1n) is 14.1. The number of aromatic nitrogens is 1. The number of hydrogen-bond acceptors (Lipinski definition) is 1. The Labute approximate surface area is 219 Å². The summed E-state index contributed by atoms with van der Waals surface area (Å²) in [5.41, 5.74) is 16.4. The maximum Gasteiger partial charge on any atom is 0.252 e. The van der Waals surface area contributed by atoms with Gasteiger partial charge in [0.25, 0.3) is 6.71 Å². The molecule has 2 nitrogen and oxygen atoms in total. The van der Waals surface area contributed by atoms with Gasteiger partial charge >= 0.3 is 0 Å². The monoisotopic (exact) mass is 478 g/mol. The number of fused-ring (bicyclic) bond motifs is 10. The quantitative estimate of drug-likeness (QED) is 0.233. The fourth-order valence-corrected chi connectivity index (χ4v) is 9.37. The number of aryl methyl sites for hydroxylation is 2. The lowest BCUT2D eigenvalue weighted by Crippen LogP contribution is -2.64. The highest BCUT2D eigenvalue weighted by atomic mass is 15.3. The van der Waals surface area contributed by atoms with Crippen molar-refractivity contribution in [1.82, 2.24) is 4.57 Å². The fourth-order valence-electron chi connectivity index (χ4n) is 9.37. The van der Waals surface area contributed by atoms with Gasteiger partial charge in [-0.2, -0.15) is 0 Å². The van der Waals surface area contributed by atoms with Gasteiger partial charge in [0.1, 0.15) is 0 Å². The molecule has 0 spiro atoms. The zero-order chi connectivity index (χ0) is 24.8. The Balaban J connectivity index is 1.52. The van der Waals surface area contributed by atoms with E-state index in [1.54, 1.807) is 16.7 Å². The molecule has 1 aromatic heterocycles. The molecule has 4 heterocycles. The average molecular weight is 478 g/mol. The minimum Gasteiger partial charge on any atom is -0.335 e. The molecule has 3 heteroatoms. The van der Waals surface area contributed by atoms with Gasteiger partial charge in [-0.1, -0.05) is 73.9 Å². The van der Waals surface area contributed by atoms with Crippen LogP contribution in [0.5, 0.6) is 0 Å². The molecule has 0 radical (unpaired) electrons. The lowest BCUT2D eigenvalue weighted by Gasteiger charge is -2.52. The first kappa shape index (κ1) is 20.6. The van der Waals surface area contributed by atoms with Crippen LogP contribution in [0.25, 0.3) is 27.5 Å². The molecule has 1 saturated carbocycles. The van der Waals surface area contributed by atoms with Crippen LogP contribution in [0.3, 0.4) is 0 Å². The van der Waals surface area contributed by atoms with E-state index in [0.29, 0.717) is 0 Å². The van der Waals surface area contributed by atoms with Crippen molar-refractivity contribution >= 4 is 56.3 Å². The van der Waals surface area contributed by atoms with Crippen molar-refractivity contribution in [1.29, 1.82) is 0 Å². The van der Waals surface area contributed by atoms with Crippen LogP contribution < -0.4 is 21.3 Å². The van der Waals surface area contributed by atoms with Crippen LogP contribution in [0.2, 0.25) is 0 Å². The Morgan fingerprint density at radius 2 is 1.51 bits per heavy atom. The predicted octanol–water partition coefficient (Wildman–Crippen LogP) is 6.29. The van der Waals surface area contributed by atoms with E-state index >= 15 is 0 Å². The highest BCUT2D eigenvalue weighted by Gasteiger charge is 2.61. The highest BCUT2D eigenvalue weighted by Crippen LogP contribution is 2.62. The second-order valence-electron chi connectivity index (χ2n) is 12.5. The van der Waals surface area contributed by atoms with Crippen molar-refractivity contribution in [3.8, 4) is 5.69 Å². The molecular weight excluding hydrogens is 447 g/mol. The third-order valence-corrected chi connectivity index (χ3v) is 10.9. The van der Waals surface area contributed by atoms with Crippen molar-refractivity contribution in [3.05, 3.63) is 83.4 Å². The number of hydrogen-bond donors (Lipinski definition) is 0. The molecule has 3 aliphatic heterocycles. The van der Waals surface area contributed by atoms with Crippen LogP contribution >= 0.6 is 0 Å². The zero-order valence-corrected chi connectivity index (χ0v) is 22.2. The number of rotatable bonds is 0. The Kier molecular flexibility index (Phi) is 3.52. The van der Waals surface area contributed by atoms with Gasteiger partial charge in [0.15, 0.2) is 0 Å². The number of benzene rings is 4. The number of anilines is 2. The molecule has 4 aliphatic rings. The van der Waals surface area contributed by atoms with Crippen LogP contribution in [0.4, 0.5) is 11.4 Å². The molecule has 2 atom stereocenters. The van der Waals surface area contributed by atoms with Gasteiger partial charge in [-0.25, -0.2) is 0 Å². The lowest BCUT2D eigenvalue weighted by atomic mass is 9.33. The van der Waals surface area contributed by atoms with Crippen molar-refractivity contribution in [3.63, 3.8) is 0 Å². The molecule has 0 saturated heterocycles. The Morgan fingerprint density at radius 3 is 2.41 bits per heavy atom. The van der Waals surface area contributed by atoms with E-state index in [9.17, 15) is 0 Å². The van der Waals surface area contributed by atoms with Crippen molar-refractivity contribution < 1.29 is 0 Å². The molecule has 0 N–H and O–H groups in total. The van der Waals surface area contributed by atoms with Crippen molar-refractivity contribution in [2.75, 3.05) is 4.90 Å². The predicted molar refractivity (Wildman–Crippen MR) is 158 cm³/mol. The van der Waals surface area contributed by atoms with Gasteiger partial charge < -0.3 is 9.47 Å². The first-order chi connectivity index (χ1) is 18.0. The summed E-state index contributed by atoms with van der Waals surface area (Å²) in [6, 6.07) is 25.6. The first-order valence-corrected chi connectivity index (χ1v) is 14.1. The lowest BCUT2D eigenvalue weighted by molar-refractivity contribution is 0.194. The minimum absolute atomic E-state index is 0.0893. The standard InChI is InChI=1S/C34H31BN2/c1-20-19-21(2)29-32-28(20)33(3)17-7-8-18-34(33,4)37(32)27-16-10-15-26-30(27)35(29)24-13-9-12-23-22-11-5-6-14-25(22)36(26)31(23)24/h5-6,9-16,19H,7-8,17-18H2,1-4H3. The fraction of sp³-hybridized carbons (Fsp3) is 0.294. The second-order valence-corrected chi connectivity index (χ2v) is 12.5. The SMILES string of the molecule is Cc1cc(C)c2c3c1B1c4c(cccc4-n4c5ccccc5c5cccc1c54)N3C1(C)CCCCC21C. The number of para-hydroxylation sites is 2. The van der Waals surface area contributed by atoms with E-state index < -0.39 is 0 Å². The molecule has 5 aromatic rings. The van der Waals surface area contributed by atoms with Gasteiger partial charge in [0.2, 0.25) is 0 Å². The third kappa shape index (κ3) is 2.06. The smallest absolute Gasteiger partial charge is 0.252 e. The van der Waals surface area contributed by atoms with E-state index in [2.05, 4.69) is 104 Å². The number of nitrogens with zero attached hydrogens (tertiary/aromatic N) is 2. The largest absolute Gasteiger partial charge is 0.335 e. The molecular formula is C34H31BN2. The molecule has 9 rings (SSSR count). The molecule has 1 fully saturated rings. The summed E-state index contributed by atoms with van der Waals surface area (Å²) >= 11 is 0. The summed E-state index contributed by atoms with van der Waals surface area (Å²) in [7, 11) is 0. The Bertz CT molecular complexity index is 1860. The van der Waals surface area contributed by atoms with Crippen molar-refractivity contribution in [2.24, 2.45) is 0 Å². The van der Waals surface area contributed by atoms with E-state index in [4.69, 9.17) is 0 Å². The molecule has 0 bridgehead atoms. The van der Waals surface area contributed by atoms with E-state index in [1.807, 2.05) is 0 Å². The van der Waals surface area contributed by atoms with Crippen LogP contribution in [-0.2, 0) is 5.41 Å². The average Bonchev–Trinajstić information content (AvgIpc) is 3.34. The van der Waals surface area contributed by atoms with E-state index in [0.717, 1.165) is 0 Å². The molecule has 1 aliphatic carbocycles. The van der Waals surface area contributed by atoms with Crippen LogP contribution in [0, 0.1) is 13.8 Å². The van der Waals surface area contributed by atoms with Crippen LogP contribution in [0.1, 0.15) is 56.2 Å². The maximum absolute atomic E-state index is 2.84. The second kappa shape index (κ2) is 6.33. The maximum atomic E-state index is 2.84. The normalized spacial score (nSPS) is 24.4. The Hall–Kier alpha value is -3.46. The molecule has 4 aromatic carbocycles. The topological polar surface area (TPSA) is 8.17 Å². The summed E-state index contributed by atoms with van der Waals surface area (Å²) in [6.45, 7) is 10.2. The Morgan fingerprint density at radius 1 is 0.757 bits per heavy atom. The third-order valence-electron chi connectivity index (χ3n) is 10.9. The highest BCUT2D eigenvalue weighted by molar-refractivity contribution is 7.00. The zero-order valence-electron chi connectivity index (χ0n) is 22.2. The van der Waals surface area contributed by atoms with Gasteiger partial charge in [-0.05, 0) is 79.3 Å².